The Balaban J connectivity index is 1.54. The number of amides is 1. The number of aliphatic carboxylic acids is 1. The van der Waals surface area contributed by atoms with Crippen molar-refractivity contribution in [1.29, 1.82) is 0 Å². The molecular weight excluding hydrogens is 358 g/mol. The Bertz CT molecular complexity index is 895. The number of ether oxygens (including phenoxy) is 2. The lowest BCUT2D eigenvalue weighted by atomic mass is 9.52. The zero-order valence-corrected chi connectivity index (χ0v) is 16.0. The summed E-state index contributed by atoms with van der Waals surface area (Å²) in [5, 5.41) is 13.2. The molecule has 0 saturated carbocycles. The molecule has 1 aromatic carbocycles. The first-order chi connectivity index (χ1) is 13.2. The van der Waals surface area contributed by atoms with Gasteiger partial charge in [0.25, 0.3) is 0 Å². The van der Waals surface area contributed by atoms with Crippen molar-refractivity contribution < 1.29 is 24.2 Å². The van der Waals surface area contributed by atoms with Gasteiger partial charge in [0, 0.05) is 5.69 Å². The largest absolute Gasteiger partial charge is 0.481 e. The molecule has 6 nitrogen and oxygen atoms in total. The van der Waals surface area contributed by atoms with Crippen LogP contribution in [0.3, 0.4) is 0 Å². The normalized spacial score (nSPS) is 39.4. The van der Waals surface area contributed by atoms with Crippen molar-refractivity contribution >= 4 is 17.6 Å². The number of nitrogens with one attached hydrogen (secondary N) is 1. The van der Waals surface area contributed by atoms with Crippen molar-refractivity contribution in [3.63, 3.8) is 0 Å². The van der Waals surface area contributed by atoms with Crippen LogP contribution in [-0.4, -0.2) is 41.4 Å². The van der Waals surface area contributed by atoms with E-state index in [1.54, 1.807) is 24.3 Å². The molecule has 2 fully saturated rings. The van der Waals surface area contributed by atoms with Crippen molar-refractivity contribution in [2.75, 3.05) is 5.32 Å². The van der Waals surface area contributed by atoms with Crippen LogP contribution in [0, 0.1) is 10.8 Å². The Hall–Kier alpha value is -2.44. The Morgan fingerprint density at radius 2 is 1.36 bits per heavy atom. The highest BCUT2D eigenvalue weighted by Crippen LogP contribution is 2.68. The van der Waals surface area contributed by atoms with Gasteiger partial charge in [0.2, 0.25) is 5.91 Å². The van der Waals surface area contributed by atoms with Crippen LogP contribution < -0.4 is 5.32 Å². The first kappa shape index (κ1) is 17.6. The minimum absolute atomic E-state index is 0.00612. The molecule has 0 aliphatic carbocycles. The fraction of sp³-hybridized carbons (Fsp3) is 0.455. The maximum Gasteiger partial charge on any atom is 0.317 e. The molecule has 0 aromatic heterocycles. The number of anilines is 1. The lowest BCUT2D eigenvalue weighted by Gasteiger charge is -2.43. The fourth-order valence-electron chi connectivity index (χ4n) is 5.36. The molecule has 146 valence electrons. The number of carbonyl (C=O) groups excluding carboxylic acids is 1. The van der Waals surface area contributed by atoms with E-state index in [4.69, 9.17) is 9.47 Å². The molecule has 2 unspecified atom stereocenters. The fourth-order valence-corrected chi connectivity index (χ4v) is 5.36. The third-order valence-electron chi connectivity index (χ3n) is 6.73. The topological polar surface area (TPSA) is 84.9 Å². The summed E-state index contributed by atoms with van der Waals surface area (Å²) in [5.41, 5.74) is -0.973. The SMILES string of the molecule is CC(C)(C)c1ccc(NC(=O)C23[C@@H]4C=C[C@@H](O4)C2(C(=O)O)[C@@H]2C=C[C@H]3O2)cc1. The molecule has 6 atom stereocenters. The maximum atomic E-state index is 13.6. The van der Waals surface area contributed by atoms with Crippen LogP contribution in [0.25, 0.3) is 0 Å². The average Bonchev–Trinajstić information content (AvgIpc) is 3.39. The van der Waals surface area contributed by atoms with Gasteiger partial charge in [0.1, 0.15) is 10.8 Å². The second-order valence-corrected chi connectivity index (χ2v) is 9.05. The summed E-state index contributed by atoms with van der Waals surface area (Å²) < 4.78 is 11.9. The van der Waals surface area contributed by atoms with Crippen LogP contribution in [0.4, 0.5) is 5.69 Å². The van der Waals surface area contributed by atoms with Crippen molar-refractivity contribution in [3.05, 3.63) is 54.1 Å². The van der Waals surface area contributed by atoms with E-state index in [0.717, 1.165) is 5.56 Å². The van der Waals surface area contributed by atoms with E-state index in [1.807, 2.05) is 24.3 Å². The van der Waals surface area contributed by atoms with E-state index in [1.165, 1.54) is 0 Å². The van der Waals surface area contributed by atoms with Gasteiger partial charge in [0.15, 0.2) is 0 Å². The zero-order valence-electron chi connectivity index (χ0n) is 16.0. The third kappa shape index (κ3) is 1.85. The van der Waals surface area contributed by atoms with Gasteiger partial charge in [-0.25, -0.2) is 0 Å². The molecule has 6 heteroatoms. The summed E-state index contributed by atoms with van der Waals surface area (Å²) in [4.78, 5) is 26.1. The van der Waals surface area contributed by atoms with Gasteiger partial charge in [-0.15, -0.1) is 0 Å². The molecule has 2 saturated heterocycles. The number of carboxylic acids is 1. The molecule has 4 bridgehead atoms. The van der Waals surface area contributed by atoms with E-state index in [9.17, 15) is 14.7 Å². The first-order valence-corrected chi connectivity index (χ1v) is 9.55. The average molecular weight is 381 g/mol. The summed E-state index contributed by atoms with van der Waals surface area (Å²) in [7, 11) is 0. The van der Waals surface area contributed by atoms with Gasteiger partial charge in [-0.2, -0.15) is 0 Å². The van der Waals surface area contributed by atoms with Crippen LogP contribution in [-0.2, 0) is 24.5 Å². The van der Waals surface area contributed by atoms with E-state index >= 15 is 0 Å². The molecule has 1 amide bonds. The van der Waals surface area contributed by atoms with Crippen molar-refractivity contribution in [2.45, 2.75) is 50.6 Å². The summed E-state index contributed by atoms with van der Waals surface area (Å²) in [6.07, 6.45) is 4.50. The van der Waals surface area contributed by atoms with Crippen molar-refractivity contribution in [3.8, 4) is 0 Å². The standard InChI is InChI=1S/C22H23NO5/c1-20(2,3)12-4-6-13(7-5-12)23-18(24)21-14-8-10-16(27-14)22(21,19(25)26)17-11-9-15(21)28-17/h4-11,14-17H,1-3H3,(H,23,24)(H,25,26)/t14-,15+,16+,17-,21?,22?. The molecule has 4 aliphatic rings. The smallest absolute Gasteiger partial charge is 0.317 e. The number of carboxylic acid groups (broad SMARTS) is 1. The van der Waals surface area contributed by atoms with Crippen LogP contribution in [0.2, 0.25) is 0 Å². The Labute approximate surface area is 163 Å². The molecule has 4 aliphatic heterocycles. The summed E-state index contributed by atoms with van der Waals surface area (Å²) in [6, 6.07) is 7.66. The molecular formula is C22H23NO5. The highest BCUT2D eigenvalue weighted by Gasteiger charge is 2.84. The molecule has 0 radical (unpaired) electrons. The van der Waals surface area contributed by atoms with E-state index < -0.39 is 41.2 Å². The number of fused-ring (bicyclic) bond motifs is 9. The molecule has 28 heavy (non-hydrogen) atoms. The Morgan fingerprint density at radius 1 is 0.893 bits per heavy atom. The lowest BCUT2D eigenvalue weighted by molar-refractivity contribution is -0.161. The second kappa shape index (κ2) is 5.33. The lowest BCUT2D eigenvalue weighted by Crippen LogP contribution is -2.63. The number of hydrogen-bond donors (Lipinski definition) is 2. The highest BCUT2D eigenvalue weighted by atomic mass is 16.6. The minimum atomic E-state index is -1.44. The monoisotopic (exact) mass is 381 g/mol. The van der Waals surface area contributed by atoms with E-state index in [-0.39, 0.29) is 11.3 Å². The van der Waals surface area contributed by atoms with Crippen LogP contribution in [0.1, 0.15) is 26.3 Å². The molecule has 0 spiro atoms. The van der Waals surface area contributed by atoms with E-state index in [0.29, 0.717) is 5.69 Å². The van der Waals surface area contributed by atoms with Gasteiger partial charge in [-0.1, -0.05) is 57.2 Å². The van der Waals surface area contributed by atoms with E-state index in [2.05, 4.69) is 26.1 Å². The van der Waals surface area contributed by atoms with Gasteiger partial charge in [-0.3, -0.25) is 9.59 Å². The quantitative estimate of drug-likeness (QED) is 0.787. The van der Waals surface area contributed by atoms with Gasteiger partial charge >= 0.3 is 5.97 Å². The highest BCUT2D eigenvalue weighted by molar-refractivity contribution is 6.03. The number of carbonyl (C=O) groups is 2. The molecule has 2 N–H and O–H groups in total. The number of hydrogen-bond acceptors (Lipinski definition) is 4. The zero-order chi connectivity index (χ0) is 19.9. The number of benzene rings is 1. The third-order valence-corrected chi connectivity index (χ3v) is 6.73. The summed E-state index contributed by atoms with van der Waals surface area (Å²) in [6.45, 7) is 6.37. The Kier molecular flexibility index (Phi) is 3.36. The molecule has 5 rings (SSSR count). The number of rotatable bonds is 3. The van der Waals surface area contributed by atoms with Gasteiger partial charge < -0.3 is 19.9 Å². The Morgan fingerprint density at radius 3 is 1.79 bits per heavy atom. The van der Waals surface area contributed by atoms with Crippen molar-refractivity contribution in [1.82, 2.24) is 0 Å². The van der Waals surface area contributed by atoms with Crippen LogP contribution >= 0.6 is 0 Å². The van der Waals surface area contributed by atoms with Gasteiger partial charge in [0.05, 0.1) is 24.4 Å². The summed E-state index contributed by atoms with van der Waals surface area (Å²) in [5.74, 6) is -1.42. The first-order valence-electron chi connectivity index (χ1n) is 9.55. The van der Waals surface area contributed by atoms with Crippen molar-refractivity contribution in [2.24, 2.45) is 10.8 Å². The summed E-state index contributed by atoms with van der Waals surface area (Å²) >= 11 is 0. The maximum absolute atomic E-state index is 13.6. The molecule has 4 heterocycles. The minimum Gasteiger partial charge on any atom is -0.481 e. The van der Waals surface area contributed by atoms with Crippen LogP contribution in [0.15, 0.2) is 48.6 Å². The predicted octanol–water partition coefficient (Wildman–Crippen LogP) is 2.65. The van der Waals surface area contributed by atoms with Crippen LogP contribution in [0.5, 0.6) is 0 Å². The van der Waals surface area contributed by atoms with Gasteiger partial charge in [-0.05, 0) is 23.1 Å². The predicted molar refractivity (Wildman–Crippen MR) is 102 cm³/mol. The molecule has 1 aromatic rings. The second-order valence-electron chi connectivity index (χ2n) is 9.05.